The van der Waals surface area contributed by atoms with Crippen molar-refractivity contribution in [2.24, 2.45) is 23.5 Å². The Hall–Kier alpha value is -0.0800. The molecule has 2 heteroatoms. The molecule has 1 fully saturated rings. The molecule has 1 aliphatic carbocycles. The zero-order chi connectivity index (χ0) is 14.5. The van der Waals surface area contributed by atoms with Gasteiger partial charge in [-0.15, -0.1) is 0 Å². The minimum Gasteiger partial charge on any atom is -0.329 e. The van der Waals surface area contributed by atoms with Gasteiger partial charge in [-0.05, 0) is 57.0 Å². The Morgan fingerprint density at radius 3 is 2.42 bits per heavy atom. The van der Waals surface area contributed by atoms with Crippen LogP contribution < -0.4 is 5.73 Å². The number of nitrogens with two attached hydrogens (primary N) is 1. The zero-order valence-corrected chi connectivity index (χ0v) is 13.9. The van der Waals surface area contributed by atoms with Crippen LogP contribution in [0.15, 0.2) is 0 Å². The maximum Gasteiger partial charge on any atom is 0.0331 e. The number of rotatable bonds is 7. The smallest absolute Gasteiger partial charge is 0.0331 e. The lowest BCUT2D eigenvalue weighted by atomic mass is 9.72. The minimum absolute atomic E-state index is 0.284. The highest BCUT2D eigenvalue weighted by molar-refractivity contribution is 4.95. The maximum atomic E-state index is 6.20. The van der Waals surface area contributed by atoms with Crippen LogP contribution in [0.5, 0.6) is 0 Å². The van der Waals surface area contributed by atoms with Crippen molar-refractivity contribution in [1.82, 2.24) is 4.90 Å². The standard InChI is InChI=1S/C17H36N2/c1-14(2)8-10-19(5)17(13-18)9-6-7-16(12-17)11-15(3)4/h14-16H,6-13,18H2,1-5H3. The van der Waals surface area contributed by atoms with Crippen LogP contribution in [0, 0.1) is 17.8 Å². The van der Waals surface area contributed by atoms with Crippen molar-refractivity contribution >= 4 is 0 Å². The van der Waals surface area contributed by atoms with Gasteiger partial charge >= 0.3 is 0 Å². The monoisotopic (exact) mass is 268 g/mol. The highest BCUT2D eigenvalue weighted by Gasteiger charge is 2.38. The molecular formula is C17H36N2. The van der Waals surface area contributed by atoms with E-state index in [1.807, 2.05) is 0 Å². The second-order valence-electron chi connectivity index (χ2n) is 7.62. The fraction of sp³-hybridized carbons (Fsp3) is 1.00. The Kier molecular flexibility index (Phi) is 6.82. The topological polar surface area (TPSA) is 29.3 Å². The molecule has 2 unspecified atom stereocenters. The van der Waals surface area contributed by atoms with E-state index in [9.17, 15) is 0 Å². The van der Waals surface area contributed by atoms with E-state index < -0.39 is 0 Å². The van der Waals surface area contributed by atoms with E-state index >= 15 is 0 Å². The van der Waals surface area contributed by atoms with Gasteiger partial charge < -0.3 is 5.73 Å². The van der Waals surface area contributed by atoms with Gasteiger partial charge in [0.1, 0.15) is 0 Å². The van der Waals surface area contributed by atoms with Gasteiger partial charge in [-0.2, -0.15) is 0 Å². The third kappa shape index (κ3) is 5.07. The van der Waals surface area contributed by atoms with Crippen LogP contribution in [-0.2, 0) is 0 Å². The van der Waals surface area contributed by atoms with E-state index in [0.29, 0.717) is 0 Å². The molecule has 2 atom stereocenters. The predicted octanol–water partition coefficient (Wildman–Crippen LogP) is 3.90. The van der Waals surface area contributed by atoms with Crippen molar-refractivity contribution in [3.8, 4) is 0 Å². The number of nitrogens with zero attached hydrogens (tertiary/aromatic N) is 1. The van der Waals surface area contributed by atoms with Crippen LogP contribution in [0.25, 0.3) is 0 Å². The molecular weight excluding hydrogens is 232 g/mol. The summed E-state index contributed by atoms with van der Waals surface area (Å²) in [5.74, 6) is 2.49. The van der Waals surface area contributed by atoms with Gasteiger partial charge in [-0.25, -0.2) is 0 Å². The number of likely N-dealkylation sites (N-methyl/N-ethyl adjacent to an activating group) is 1. The lowest BCUT2D eigenvalue weighted by Crippen LogP contribution is -2.55. The normalized spacial score (nSPS) is 28.6. The van der Waals surface area contributed by atoms with E-state index in [2.05, 4.69) is 39.6 Å². The van der Waals surface area contributed by atoms with Gasteiger partial charge in [0.25, 0.3) is 0 Å². The molecule has 1 saturated carbocycles. The molecule has 2 nitrogen and oxygen atoms in total. The molecule has 0 heterocycles. The summed E-state index contributed by atoms with van der Waals surface area (Å²) in [6, 6.07) is 0. The molecule has 0 aliphatic heterocycles. The predicted molar refractivity (Wildman–Crippen MR) is 85.3 cm³/mol. The molecule has 1 aliphatic rings. The second-order valence-corrected chi connectivity index (χ2v) is 7.62. The first-order valence-corrected chi connectivity index (χ1v) is 8.31. The zero-order valence-electron chi connectivity index (χ0n) is 13.9. The second kappa shape index (κ2) is 7.64. The first-order chi connectivity index (χ1) is 8.89. The lowest BCUT2D eigenvalue weighted by Gasteiger charge is -2.47. The van der Waals surface area contributed by atoms with Crippen molar-refractivity contribution < 1.29 is 0 Å². The van der Waals surface area contributed by atoms with Crippen LogP contribution >= 0.6 is 0 Å². The molecule has 0 spiro atoms. The SMILES string of the molecule is CC(C)CCN(C)C1(CN)CCCC(CC(C)C)C1. The van der Waals surface area contributed by atoms with Crippen LogP contribution in [0.2, 0.25) is 0 Å². The largest absolute Gasteiger partial charge is 0.329 e. The molecule has 0 radical (unpaired) electrons. The van der Waals surface area contributed by atoms with Crippen molar-refractivity contribution in [1.29, 1.82) is 0 Å². The van der Waals surface area contributed by atoms with Crippen molar-refractivity contribution in [3.63, 3.8) is 0 Å². The minimum atomic E-state index is 0.284. The van der Waals surface area contributed by atoms with E-state index in [4.69, 9.17) is 5.73 Å². The third-order valence-electron chi connectivity index (χ3n) is 4.96. The summed E-state index contributed by atoms with van der Waals surface area (Å²) in [6.45, 7) is 11.3. The molecule has 0 amide bonds. The van der Waals surface area contributed by atoms with E-state index in [-0.39, 0.29) is 5.54 Å². The molecule has 0 aromatic rings. The maximum absolute atomic E-state index is 6.20. The summed E-state index contributed by atoms with van der Waals surface area (Å²) < 4.78 is 0. The fourth-order valence-electron chi connectivity index (χ4n) is 3.71. The Balaban J connectivity index is 2.61. The molecule has 2 N–H and O–H groups in total. The van der Waals surface area contributed by atoms with E-state index in [0.717, 1.165) is 24.3 Å². The molecule has 0 bridgehead atoms. The van der Waals surface area contributed by atoms with Gasteiger partial charge in [0, 0.05) is 12.1 Å². The number of hydrogen-bond donors (Lipinski definition) is 1. The Bertz CT molecular complexity index is 250. The van der Waals surface area contributed by atoms with Crippen LogP contribution in [-0.4, -0.2) is 30.6 Å². The molecule has 0 aromatic heterocycles. The van der Waals surface area contributed by atoms with Gasteiger partial charge in [-0.1, -0.05) is 40.5 Å². The van der Waals surface area contributed by atoms with Gasteiger partial charge in [0.05, 0.1) is 0 Å². The molecule has 114 valence electrons. The quantitative estimate of drug-likeness (QED) is 0.759. The summed E-state index contributed by atoms with van der Waals surface area (Å²) in [5.41, 5.74) is 6.48. The van der Waals surface area contributed by atoms with Crippen LogP contribution in [0.4, 0.5) is 0 Å². The van der Waals surface area contributed by atoms with E-state index in [1.165, 1.54) is 45.1 Å². The summed E-state index contributed by atoms with van der Waals surface area (Å²) >= 11 is 0. The molecule has 0 aromatic carbocycles. The van der Waals surface area contributed by atoms with Crippen molar-refractivity contribution in [2.45, 2.75) is 71.8 Å². The lowest BCUT2D eigenvalue weighted by molar-refractivity contribution is 0.0489. The third-order valence-corrected chi connectivity index (χ3v) is 4.96. The van der Waals surface area contributed by atoms with E-state index in [1.54, 1.807) is 0 Å². The average Bonchev–Trinajstić information content (AvgIpc) is 2.35. The summed E-state index contributed by atoms with van der Waals surface area (Å²) in [6.07, 6.45) is 8.05. The average molecular weight is 268 g/mol. The van der Waals surface area contributed by atoms with Gasteiger partial charge in [0.15, 0.2) is 0 Å². The Morgan fingerprint density at radius 1 is 1.21 bits per heavy atom. The Labute approximate surface area is 121 Å². The molecule has 1 rings (SSSR count). The molecule has 0 saturated heterocycles. The van der Waals surface area contributed by atoms with Crippen LogP contribution in [0.1, 0.15) is 66.2 Å². The first kappa shape index (κ1) is 17.0. The summed E-state index contributed by atoms with van der Waals surface area (Å²) in [4.78, 5) is 2.58. The molecule has 19 heavy (non-hydrogen) atoms. The fourth-order valence-corrected chi connectivity index (χ4v) is 3.71. The number of hydrogen-bond acceptors (Lipinski definition) is 2. The highest BCUT2D eigenvalue weighted by Crippen LogP contribution is 2.38. The first-order valence-electron chi connectivity index (χ1n) is 8.31. The highest BCUT2D eigenvalue weighted by atomic mass is 15.2. The summed E-state index contributed by atoms with van der Waals surface area (Å²) in [5, 5.41) is 0. The van der Waals surface area contributed by atoms with Gasteiger partial charge in [-0.3, -0.25) is 4.90 Å². The Morgan fingerprint density at radius 2 is 1.89 bits per heavy atom. The van der Waals surface area contributed by atoms with Gasteiger partial charge in [0.2, 0.25) is 0 Å². The van der Waals surface area contributed by atoms with Crippen molar-refractivity contribution in [2.75, 3.05) is 20.1 Å². The van der Waals surface area contributed by atoms with Crippen molar-refractivity contribution in [3.05, 3.63) is 0 Å². The van der Waals surface area contributed by atoms with Crippen LogP contribution in [0.3, 0.4) is 0 Å². The summed E-state index contributed by atoms with van der Waals surface area (Å²) in [7, 11) is 2.30.